The molecule has 0 saturated heterocycles. The van der Waals surface area contributed by atoms with E-state index in [9.17, 15) is 18.0 Å². The molecule has 0 fully saturated rings. The second-order valence-electron chi connectivity index (χ2n) is 3.82. The second-order valence-corrected chi connectivity index (χ2v) is 5.14. The third-order valence-corrected chi connectivity index (χ3v) is 2.91. The largest absolute Gasteiger partial charge is 0.391 e. The van der Waals surface area contributed by atoms with Crippen molar-refractivity contribution in [3.05, 3.63) is 33.3 Å². The predicted molar refractivity (Wildman–Crippen MR) is 66.8 cm³/mol. The van der Waals surface area contributed by atoms with Crippen LogP contribution in [0.3, 0.4) is 0 Å². The van der Waals surface area contributed by atoms with Crippen LogP contribution in [-0.2, 0) is 0 Å². The number of rotatable bonds is 3. The number of carbonyl (C=O) groups excluding carboxylic acids is 1. The summed E-state index contributed by atoms with van der Waals surface area (Å²) in [4.78, 5) is 11.7. The summed E-state index contributed by atoms with van der Waals surface area (Å²) in [6, 6.07) is 3.58. The molecule has 0 radical (unpaired) electrons. The molecule has 1 rings (SSSR count). The maximum atomic E-state index is 12.1. The van der Waals surface area contributed by atoms with E-state index in [-0.39, 0.29) is 10.6 Å². The van der Waals surface area contributed by atoms with E-state index >= 15 is 0 Å². The molecule has 1 aromatic rings. The van der Waals surface area contributed by atoms with E-state index in [0.29, 0.717) is 4.47 Å². The van der Waals surface area contributed by atoms with Crippen LogP contribution in [0.4, 0.5) is 13.2 Å². The number of hydrogen-bond donors (Lipinski definition) is 1. The van der Waals surface area contributed by atoms with Crippen molar-refractivity contribution in [2.75, 3.05) is 0 Å². The van der Waals surface area contributed by atoms with Gasteiger partial charge in [-0.1, -0.05) is 27.5 Å². The van der Waals surface area contributed by atoms with E-state index in [1.54, 1.807) is 6.07 Å². The Bertz CT molecular complexity index is 450. The average molecular weight is 345 g/mol. The van der Waals surface area contributed by atoms with E-state index in [4.69, 9.17) is 11.6 Å². The number of benzene rings is 1. The first-order valence-electron chi connectivity index (χ1n) is 5.01. The first-order chi connectivity index (χ1) is 8.19. The molecule has 0 aliphatic rings. The van der Waals surface area contributed by atoms with Crippen molar-refractivity contribution in [2.24, 2.45) is 0 Å². The minimum Gasteiger partial charge on any atom is -0.349 e. The molecular weight excluding hydrogens is 334 g/mol. The zero-order valence-electron chi connectivity index (χ0n) is 9.31. The quantitative estimate of drug-likeness (QED) is 0.876. The monoisotopic (exact) mass is 343 g/mol. The lowest BCUT2D eigenvalue weighted by Gasteiger charge is -2.16. The van der Waals surface area contributed by atoms with Gasteiger partial charge in [-0.25, -0.2) is 0 Å². The van der Waals surface area contributed by atoms with Gasteiger partial charge in [-0.3, -0.25) is 4.79 Å². The highest BCUT2D eigenvalue weighted by Crippen LogP contribution is 2.23. The van der Waals surface area contributed by atoms with Crippen molar-refractivity contribution in [2.45, 2.75) is 25.6 Å². The van der Waals surface area contributed by atoms with Crippen molar-refractivity contribution >= 4 is 33.4 Å². The van der Waals surface area contributed by atoms with Gasteiger partial charge in [0.25, 0.3) is 5.91 Å². The van der Waals surface area contributed by atoms with Gasteiger partial charge >= 0.3 is 6.18 Å². The van der Waals surface area contributed by atoms with Crippen molar-refractivity contribution in [3.8, 4) is 0 Å². The highest BCUT2D eigenvalue weighted by molar-refractivity contribution is 9.10. The van der Waals surface area contributed by atoms with E-state index in [2.05, 4.69) is 21.2 Å². The van der Waals surface area contributed by atoms with Crippen LogP contribution < -0.4 is 5.32 Å². The number of nitrogens with one attached hydrogen (secondary N) is 1. The molecule has 1 atom stereocenters. The molecule has 2 nitrogen and oxygen atoms in total. The summed E-state index contributed by atoms with van der Waals surface area (Å²) < 4.78 is 37.0. The Kier molecular flexibility index (Phi) is 5.04. The van der Waals surface area contributed by atoms with Crippen molar-refractivity contribution in [1.82, 2.24) is 5.32 Å². The van der Waals surface area contributed by atoms with Crippen LogP contribution in [0.5, 0.6) is 0 Å². The van der Waals surface area contributed by atoms with Crippen molar-refractivity contribution < 1.29 is 18.0 Å². The van der Waals surface area contributed by atoms with Crippen molar-refractivity contribution in [1.29, 1.82) is 0 Å². The third kappa shape index (κ3) is 4.86. The van der Waals surface area contributed by atoms with Crippen LogP contribution in [-0.4, -0.2) is 18.1 Å². The first-order valence-corrected chi connectivity index (χ1v) is 6.19. The first kappa shape index (κ1) is 15.3. The smallest absolute Gasteiger partial charge is 0.349 e. The lowest BCUT2D eigenvalue weighted by Crippen LogP contribution is -2.36. The zero-order valence-corrected chi connectivity index (χ0v) is 11.7. The van der Waals surface area contributed by atoms with Crippen LogP contribution in [0.25, 0.3) is 0 Å². The van der Waals surface area contributed by atoms with Gasteiger partial charge in [-0.15, -0.1) is 0 Å². The van der Waals surface area contributed by atoms with Crippen molar-refractivity contribution in [3.63, 3.8) is 0 Å². The van der Waals surface area contributed by atoms with Gasteiger partial charge in [0.2, 0.25) is 0 Å². The SMILES string of the molecule is CC(CC(F)(F)F)NC(=O)c1cc(Br)ccc1Cl. The molecule has 0 aliphatic carbocycles. The summed E-state index contributed by atoms with van der Waals surface area (Å²) in [5.41, 5.74) is 0.139. The van der Waals surface area contributed by atoms with E-state index in [1.807, 2.05) is 0 Å². The summed E-state index contributed by atoms with van der Waals surface area (Å²) in [7, 11) is 0. The molecule has 18 heavy (non-hydrogen) atoms. The third-order valence-electron chi connectivity index (χ3n) is 2.09. The summed E-state index contributed by atoms with van der Waals surface area (Å²) in [5, 5.41) is 2.45. The number of amides is 1. The molecule has 0 spiro atoms. The molecule has 0 aliphatic heterocycles. The van der Waals surface area contributed by atoms with Gasteiger partial charge in [0.15, 0.2) is 0 Å². The Hall–Kier alpha value is -0.750. The van der Waals surface area contributed by atoms with Gasteiger partial charge in [-0.2, -0.15) is 13.2 Å². The lowest BCUT2D eigenvalue weighted by molar-refractivity contribution is -0.138. The minimum absolute atomic E-state index is 0.139. The summed E-state index contributed by atoms with van der Waals surface area (Å²) in [6.07, 6.45) is -5.39. The fraction of sp³-hybridized carbons (Fsp3) is 0.364. The molecule has 1 aromatic carbocycles. The maximum Gasteiger partial charge on any atom is 0.391 e. The highest BCUT2D eigenvalue weighted by Gasteiger charge is 2.30. The number of alkyl halides is 3. The van der Waals surface area contributed by atoms with Gasteiger partial charge in [0.1, 0.15) is 0 Å². The number of carbonyl (C=O) groups is 1. The van der Waals surface area contributed by atoms with Crippen LogP contribution in [0, 0.1) is 0 Å². The minimum atomic E-state index is -4.31. The van der Waals surface area contributed by atoms with E-state index in [0.717, 1.165) is 0 Å². The fourth-order valence-electron chi connectivity index (χ4n) is 1.37. The van der Waals surface area contributed by atoms with Gasteiger partial charge in [-0.05, 0) is 25.1 Å². The Balaban J connectivity index is 2.74. The number of hydrogen-bond acceptors (Lipinski definition) is 1. The summed E-state index contributed by atoms with van der Waals surface area (Å²) >= 11 is 8.96. The molecule has 100 valence electrons. The molecule has 1 N–H and O–H groups in total. The molecule has 0 aromatic heterocycles. The van der Waals surface area contributed by atoms with Crippen LogP contribution in [0.2, 0.25) is 5.02 Å². The highest BCUT2D eigenvalue weighted by atomic mass is 79.9. The normalized spacial score (nSPS) is 13.2. The summed E-state index contributed by atoms with van der Waals surface area (Å²) in [6.45, 7) is 1.29. The second kappa shape index (κ2) is 5.93. The Morgan fingerprint density at radius 1 is 1.50 bits per heavy atom. The number of halogens is 5. The van der Waals surface area contributed by atoms with Crippen LogP contribution in [0.1, 0.15) is 23.7 Å². The van der Waals surface area contributed by atoms with Crippen LogP contribution in [0.15, 0.2) is 22.7 Å². The van der Waals surface area contributed by atoms with E-state index in [1.165, 1.54) is 19.1 Å². The Morgan fingerprint density at radius 2 is 2.11 bits per heavy atom. The molecular formula is C11H10BrClF3NO. The molecule has 1 unspecified atom stereocenters. The molecule has 0 heterocycles. The van der Waals surface area contributed by atoms with Crippen LogP contribution >= 0.6 is 27.5 Å². The predicted octanol–water partition coefficient (Wildman–Crippen LogP) is 4.17. The van der Waals surface area contributed by atoms with Gasteiger partial charge < -0.3 is 5.32 Å². The Morgan fingerprint density at radius 3 is 2.67 bits per heavy atom. The average Bonchev–Trinajstić information content (AvgIpc) is 2.18. The fourth-order valence-corrected chi connectivity index (χ4v) is 1.94. The summed E-state index contributed by atoms with van der Waals surface area (Å²) in [5.74, 6) is -0.627. The molecule has 0 bridgehead atoms. The molecule has 1 amide bonds. The zero-order chi connectivity index (χ0) is 13.9. The van der Waals surface area contributed by atoms with Gasteiger partial charge in [0.05, 0.1) is 17.0 Å². The molecule has 0 saturated carbocycles. The standard InChI is InChI=1S/C11H10BrClF3NO/c1-6(5-11(14,15)16)17-10(18)8-4-7(12)2-3-9(8)13/h2-4,6H,5H2,1H3,(H,17,18). The van der Waals surface area contributed by atoms with E-state index < -0.39 is 24.5 Å². The van der Waals surface area contributed by atoms with Gasteiger partial charge in [0, 0.05) is 10.5 Å². The maximum absolute atomic E-state index is 12.1. The lowest BCUT2D eigenvalue weighted by atomic mass is 10.1. The Labute approximate surface area is 116 Å². The topological polar surface area (TPSA) is 29.1 Å². The molecule has 7 heteroatoms.